The number of nitrogens with zero attached hydrogens (tertiary/aromatic N) is 2. The second kappa shape index (κ2) is 13.8. The first-order chi connectivity index (χ1) is 13.0. The van der Waals surface area contributed by atoms with Crippen LogP contribution in [-0.2, 0) is 11.3 Å². The van der Waals surface area contributed by atoms with E-state index in [2.05, 4.69) is 31.0 Å². The van der Waals surface area contributed by atoms with Crippen molar-refractivity contribution in [3.63, 3.8) is 0 Å². The number of piperidine rings is 1. The molecule has 1 saturated heterocycles. The molecular weight excluding hydrogens is 411 g/mol. The van der Waals surface area contributed by atoms with Crippen LogP contribution < -0.4 is 11.1 Å². The number of rotatable bonds is 8. The molecule has 0 radical (unpaired) electrons. The Hall–Kier alpha value is -1.34. The molecule has 1 unspecified atom stereocenters. The minimum absolute atomic E-state index is 0. The number of hydrogen-bond acceptors (Lipinski definition) is 4. The van der Waals surface area contributed by atoms with Gasteiger partial charge in [-0.15, -0.1) is 24.8 Å². The second-order valence-corrected chi connectivity index (χ2v) is 7.52. The number of amides is 2. The van der Waals surface area contributed by atoms with Crippen molar-refractivity contribution in [2.45, 2.75) is 46.2 Å². The molecule has 0 spiro atoms. The molecule has 1 aliphatic rings. The fourth-order valence-electron chi connectivity index (χ4n) is 3.54. The van der Waals surface area contributed by atoms with E-state index < -0.39 is 0 Å². The lowest BCUT2D eigenvalue weighted by Crippen LogP contribution is -2.46. The van der Waals surface area contributed by atoms with Gasteiger partial charge in [0, 0.05) is 44.3 Å². The molecule has 8 heteroatoms. The maximum atomic E-state index is 12.8. The maximum Gasteiger partial charge on any atom is 0.253 e. The molecule has 1 atom stereocenters. The van der Waals surface area contributed by atoms with E-state index in [0.717, 1.165) is 25.9 Å². The van der Waals surface area contributed by atoms with Crippen molar-refractivity contribution in [1.82, 2.24) is 15.1 Å². The molecule has 0 aliphatic carbocycles. The molecule has 1 aromatic carbocycles. The molecular formula is C21H36Cl2N4O2. The molecule has 1 aromatic rings. The molecule has 1 fully saturated rings. The number of hydrogen-bond donors (Lipinski definition) is 2. The van der Waals surface area contributed by atoms with Crippen molar-refractivity contribution in [3.05, 3.63) is 35.4 Å². The molecule has 6 nitrogen and oxygen atoms in total. The van der Waals surface area contributed by atoms with Gasteiger partial charge in [-0.25, -0.2) is 0 Å². The van der Waals surface area contributed by atoms with Gasteiger partial charge in [0.1, 0.15) is 0 Å². The second-order valence-electron chi connectivity index (χ2n) is 7.52. The van der Waals surface area contributed by atoms with E-state index in [1.807, 2.05) is 24.3 Å². The number of carbonyl (C=O) groups is 2. The van der Waals surface area contributed by atoms with Gasteiger partial charge in [-0.2, -0.15) is 0 Å². The average molecular weight is 447 g/mol. The molecule has 2 amide bonds. The summed E-state index contributed by atoms with van der Waals surface area (Å²) in [6.07, 6.45) is 1.67. The zero-order chi connectivity index (χ0) is 19.8. The third-order valence-electron chi connectivity index (χ3n) is 5.25. The van der Waals surface area contributed by atoms with Gasteiger partial charge in [0.15, 0.2) is 0 Å². The minimum Gasteiger partial charge on any atom is -0.355 e. The van der Waals surface area contributed by atoms with Crippen molar-refractivity contribution in [2.24, 2.45) is 11.7 Å². The van der Waals surface area contributed by atoms with Crippen molar-refractivity contribution < 1.29 is 9.59 Å². The Labute approximate surface area is 187 Å². The number of nitrogens with two attached hydrogens (primary N) is 1. The number of carbonyl (C=O) groups excluding carboxylic acids is 2. The lowest BCUT2D eigenvalue weighted by molar-refractivity contribution is -0.126. The van der Waals surface area contributed by atoms with Gasteiger partial charge in [0.25, 0.3) is 5.91 Å². The van der Waals surface area contributed by atoms with Gasteiger partial charge in [-0.1, -0.05) is 19.1 Å². The third kappa shape index (κ3) is 8.13. The van der Waals surface area contributed by atoms with Crippen LogP contribution in [0, 0.1) is 5.92 Å². The predicted octanol–water partition coefficient (Wildman–Crippen LogP) is 2.69. The normalized spacial score (nSPS) is 16.2. The van der Waals surface area contributed by atoms with Crippen LogP contribution >= 0.6 is 24.8 Å². The molecule has 0 saturated carbocycles. The zero-order valence-corrected chi connectivity index (χ0v) is 19.4. The molecule has 1 aliphatic heterocycles. The monoisotopic (exact) mass is 446 g/mol. The lowest BCUT2D eigenvalue weighted by atomic mass is 9.96. The van der Waals surface area contributed by atoms with E-state index in [0.29, 0.717) is 37.8 Å². The Morgan fingerprint density at radius 2 is 1.90 bits per heavy atom. The number of benzene rings is 1. The first-order valence-electron chi connectivity index (χ1n) is 10.1. The van der Waals surface area contributed by atoms with Crippen LogP contribution in [0.1, 0.15) is 49.5 Å². The number of likely N-dealkylation sites (tertiary alicyclic amines) is 1. The molecule has 166 valence electrons. The Balaban J connectivity index is 0.00000392. The van der Waals surface area contributed by atoms with Gasteiger partial charge < -0.3 is 16.0 Å². The standard InChI is InChI=1S/C21H34N4O2.2ClH/c1-4-24(16(2)3)14-17-7-9-18(10-8-17)21(27)25-13-5-6-19(15-25)20(26)23-12-11-22;;/h7-10,16,19H,4-6,11-15,22H2,1-3H3,(H,23,26);2*1H. The van der Waals surface area contributed by atoms with Crippen LogP contribution in [0.15, 0.2) is 24.3 Å². The van der Waals surface area contributed by atoms with Crippen LogP contribution in [-0.4, -0.2) is 60.4 Å². The minimum atomic E-state index is -0.141. The van der Waals surface area contributed by atoms with E-state index in [-0.39, 0.29) is 42.5 Å². The van der Waals surface area contributed by atoms with Crippen LogP contribution in [0.5, 0.6) is 0 Å². The summed E-state index contributed by atoms with van der Waals surface area (Å²) in [5, 5.41) is 2.83. The summed E-state index contributed by atoms with van der Waals surface area (Å²) in [5.74, 6) is -0.131. The maximum absolute atomic E-state index is 12.8. The summed E-state index contributed by atoms with van der Waals surface area (Å²) in [6.45, 7) is 10.5. The van der Waals surface area contributed by atoms with Crippen LogP contribution in [0.3, 0.4) is 0 Å². The highest BCUT2D eigenvalue weighted by Gasteiger charge is 2.28. The van der Waals surface area contributed by atoms with Crippen molar-refractivity contribution in [2.75, 3.05) is 32.7 Å². The highest BCUT2D eigenvalue weighted by atomic mass is 35.5. The van der Waals surface area contributed by atoms with Gasteiger partial charge in [-0.05, 0) is 50.9 Å². The first kappa shape index (κ1) is 27.7. The van der Waals surface area contributed by atoms with Gasteiger partial charge >= 0.3 is 0 Å². The van der Waals surface area contributed by atoms with Crippen molar-refractivity contribution >= 4 is 36.6 Å². The predicted molar refractivity (Wildman–Crippen MR) is 123 cm³/mol. The molecule has 1 heterocycles. The SMILES string of the molecule is CCN(Cc1ccc(C(=O)N2CCCC(C(=O)NCCN)C2)cc1)C(C)C.Cl.Cl. The quantitative estimate of drug-likeness (QED) is 0.643. The van der Waals surface area contributed by atoms with Gasteiger partial charge in [-0.3, -0.25) is 14.5 Å². The van der Waals surface area contributed by atoms with Crippen LogP contribution in [0.25, 0.3) is 0 Å². The highest BCUT2D eigenvalue weighted by molar-refractivity contribution is 5.94. The van der Waals surface area contributed by atoms with Gasteiger partial charge in [0.2, 0.25) is 5.91 Å². The molecule has 2 rings (SSSR count). The third-order valence-corrected chi connectivity index (χ3v) is 5.25. The Bertz CT molecular complexity index is 626. The summed E-state index contributed by atoms with van der Waals surface area (Å²) < 4.78 is 0. The zero-order valence-electron chi connectivity index (χ0n) is 17.7. The fraction of sp³-hybridized carbons (Fsp3) is 0.619. The molecule has 3 N–H and O–H groups in total. The van der Waals surface area contributed by atoms with Crippen LogP contribution in [0.2, 0.25) is 0 Å². The topological polar surface area (TPSA) is 78.7 Å². The van der Waals surface area contributed by atoms with E-state index in [1.165, 1.54) is 5.56 Å². The Morgan fingerprint density at radius 1 is 1.24 bits per heavy atom. The lowest BCUT2D eigenvalue weighted by Gasteiger charge is -2.32. The Morgan fingerprint density at radius 3 is 2.45 bits per heavy atom. The average Bonchev–Trinajstić information content (AvgIpc) is 2.70. The summed E-state index contributed by atoms with van der Waals surface area (Å²) in [4.78, 5) is 29.2. The van der Waals surface area contributed by atoms with E-state index in [4.69, 9.17) is 5.73 Å². The fourth-order valence-corrected chi connectivity index (χ4v) is 3.54. The van der Waals surface area contributed by atoms with E-state index >= 15 is 0 Å². The van der Waals surface area contributed by atoms with Gasteiger partial charge in [0.05, 0.1) is 5.92 Å². The smallest absolute Gasteiger partial charge is 0.253 e. The van der Waals surface area contributed by atoms with Crippen molar-refractivity contribution in [1.29, 1.82) is 0 Å². The van der Waals surface area contributed by atoms with Crippen molar-refractivity contribution in [3.8, 4) is 0 Å². The summed E-state index contributed by atoms with van der Waals surface area (Å²) >= 11 is 0. The van der Waals surface area contributed by atoms with Crippen LogP contribution in [0.4, 0.5) is 0 Å². The summed E-state index contributed by atoms with van der Waals surface area (Å²) in [6, 6.07) is 8.38. The first-order valence-corrected chi connectivity index (χ1v) is 10.1. The highest BCUT2D eigenvalue weighted by Crippen LogP contribution is 2.19. The number of nitrogens with one attached hydrogen (secondary N) is 1. The largest absolute Gasteiger partial charge is 0.355 e. The number of halogens is 2. The summed E-state index contributed by atoms with van der Waals surface area (Å²) in [7, 11) is 0. The molecule has 0 aromatic heterocycles. The Kier molecular flexibility index (Phi) is 13.2. The summed E-state index contributed by atoms with van der Waals surface area (Å²) in [5.41, 5.74) is 7.34. The van der Waals surface area contributed by atoms with E-state index in [1.54, 1.807) is 4.90 Å². The van der Waals surface area contributed by atoms with E-state index in [9.17, 15) is 9.59 Å². The molecule has 29 heavy (non-hydrogen) atoms. The molecule has 0 bridgehead atoms.